The first-order chi connectivity index (χ1) is 10.1. The van der Waals surface area contributed by atoms with Crippen LogP contribution in [0.15, 0.2) is 24.3 Å². The molecule has 0 aliphatic carbocycles. The number of carbonyl (C=O) groups is 1. The second-order valence-electron chi connectivity index (χ2n) is 6.05. The van der Waals surface area contributed by atoms with Gasteiger partial charge in [0.15, 0.2) is 0 Å². The highest BCUT2D eigenvalue weighted by atomic mass is 16.5. The summed E-state index contributed by atoms with van der Waals surface area (Å²) < 4.78 is 5.66. The third-order valence-electron chi connectivity index (χ3n) is 3.75. The van der Waals surface area contributed by atoms with Crippen LogP contribution in [-0.2, 0) is 0 Å². The number of carbonyl (C=O) groups excluding carboxylic acids is 1. The number of hydrogen-bond acceptors (Lipinski definition) is 3. The Balaban J connectivity index is 1.81. The van der Waals surface area contributed by atoms with Crippen molar-refractivity contribution in [2.45, 2.75) is 39.2 Å². The minimum absolute atomic E-state index is 0.00984. The topological polar surface area (TPSA) is 50.4 Å². The Labute approximate surface area is 127 Å². The number of benzene rings is 1. The van der Waals surface area contributed by atoms with Crippen molar-refractivity contribution >= 4 is 5.91 Å². The molecule has 0 aromatic heterocycles. The Kier molecular flexibility index (Phi) is 6.05. The molecule has 1 amide bonds. The molecule has 1 heterocycles. The van der Waals surface area contributed by atoms with Crippen LogP contribution in [0.3, 0.4) is 0 Å². The fraction of sp³-hybridized carbons (Fsp3) is 0.588. The van der Waals surface area contributed by atoms with Gasteiger partial charge in [-0.05, 0) is 62.5 Å². The Morgan fingerprint density at radius 3 is 2.57 bits per heavy atom. The molecular formula is C17H26N2O2. The van der Waals surface area contributed by atoms with Gasteiger partial charge >= 0.3 is 0 Å². The van der Waals surface area contributed by atoms with Crippen LogP contribution in [0, 0.1) is 5.92 Å². The summed E-state index contributed by atoms with van der Waals surface area (Å²) in [5, 5.41) is 6.39. The first kappa shape index (κ1) is 15.8. The molecule has 0 unspecified atom stereocenters. The summed E-state index contributed by atoms with van der Waals surface area (Å²) >= 11 is 0. The van der Waals surface area contributed by atoms with E-state index >= 15 is 0 Å². The highest BCUT2D eigenvalue weighted by Crippen LogP contribution is 2.14. The molecule has 0 atom stereocenters. The van der Waals surface area contributed by atoms with Crippen LogP contribution < -0.4 is 15.4 Å². The molecule has 1 aliphatic rings. The number of rotatable bonds is 6. The van der Waals surface area contributed by atoms with Gasteiger partial charge in [0.2, 0.25) is 0 Å². The lowest BCUT2D eigenvalue weighted by Gasteiger charge is -2.23. The fourth-order valence-corrected chi connectivity index (χ4v) is 2.35. The fourth-order valence-electron chi connectivity index (χ4n) is 2.35. The Bertz CT molecular complexity index is 437. The molecule has 1 fully saturated rings. The van der Waals surface area contributed by atoms with Gasteiger partial charge in [-0.15, -0.1) is 0 Å². The average molecular weight is 290 g/mol. The van der Waals surface area contributed by atoms with Crippen molar-refractivity contribution in [1.29, 1.82) is 0 Å². The molecule has 1 aliphatic heterocycles. The zero-order valence-corrected chi connectivity index (χ0v) is 13.0. The lowest BCUT2D eigenvalue weighted by atomic mass is 10.1. The molecule has 0 radical (unpaired) electrons. The number of ether oxygens (including phenoxy) is 1. The Morgan fingerprint density at radius 1 is 1.29 bits per heavy atom. The van der Waals surface area contributed by atoms with E-state index in [0.29, 0.717) is 17.5 Å². The number of amides is 1. The maximum atomic E-state index is 12.2. The summed E-state index contributed by atoms with van der Waals surface area (Å²) in [6, 6.07) is 7.71. The van der Waals surface area contributed by atoms with E-state index in [2.05, 4.69) is 24.5 Å². The van der Waals surface area contributed by atoms with Gasteiger partial charge in [-0.1, -0.05) is 13.8 Å². The lowest BCUT2D eigenvalue weighted by Crippen LogP contribution is -2.42. The predicted molar refractivity (Wildman–Crippen MR) is 84.7 cm³/mol. The Hall–Kier alpha value is -1.55. The van der Waals surface area contributed by atoms with Crippen LogP contribution in [0.4, 0.5) is 0 Å². The molecule has 0 saturated carbocycles. The molecule has 1 aromatic rings. The Morgan fingerprint density at radius 2 is 1.95 bits per heavy atom. The molecular weight excluding hydrogens is 264 g/mol. The van der Waals surface area contributed by atoms with Gasteiger partial charge in [0.1, 0.15) is 5.75 Å². The highest BCUT2D eigenvalue weighted by Gasteiger charge is 2.16. The smallest absolute Gasteiger partial charge is 0.251 e. The summed E-state index contributed by atoms with van der Waals surface area (Å²) in [4.78, 5) is 12.2. The van der Waals surface area contributed by atoms with Gasteiger partial charge in [-0.3, -0.25) is 4.79 Å². The van der Waals surface area contributed by atoms with Crippen molar-refractivity contribution < 1.29 is 9.53 Å². The van der Waals surface area contributed by atoms with E-state index in [-0.39, 0.29) is 5.91 Å². The van der Waals surface area contributed by atoms with E-state index in [4.69, 9.17) is 4.74 Å². The normalized spacial score (nSPS) is 16.0. The second kappa shape index (κ2) is 8.03. The molecule has 1 saturated heterocycles. The molecule has 4 heteroatoms. The maximum absolute atomic E-state index is 12.2. The minimum atomic E-state index is 0.00984. The van der Waals surface area contributed by atoms with E-state index in [1.54, 1.807) is 0 Å². The lowest BCUT2D eigenvalue weighted by molar-refractivity contribution is 0.0929. The predicted octanol–water partition coefficient (Wildman–Crippen LogP) is 2.59. The highest BCUT2D eigenvalue weighted by molar-refractivity contribution is 5.94. The molecule has 2 rings (SSSR count). The van der Waals surface area contributed by atoms with Crippen LogP contribution in [0.5, 0.6) is 5.75 Å². The SMILES string of the molecule is CC(C)CCOc1ccc(C(=O)NC2CCNCC2)cc1. The summed E-state index contributed by atoms with van der Waals surface area (Å²) in [7, 11) is 0. The zero-order chi connectivity index (χ0) is 15.1. The molecule has 4 nitrogen and oxygen atoms in total. The van der Waals surface area contributed by atoms with Crippen molar-refractivity contribution in [2.24, 2.45) is 5.92 Å². The molecule has 21 heavy (non-hydrogen) atoms. The summed E-state index contributed by atoms with van der Waals surface area (Å²) in [6.07, 6.45) is 3.04. The van der Waals surface area contributed by atoms with Gasteiger partial charge in [-0.25, -0.2) is 0 Å². The quantitative estimate of drug-likeness (QED) is 0.846. The number of piperidine rings is 1. The standard InChI is InChI=1S/C17H26N2O2/c1-13(2)9-12-21-16-5-3-14(4-6-16)17(20)19-15-7-10-18-11-8-15/h3-6,13,15,18H,7-12H2,1-2H3,(H,19,20). The van der Waals surface area contributed by atoms with Crippen molar-refractivity contribution in [3.8, 4) is 5.75 Å². The molecule has 0 spiro atoms. The first-order valence-electron chi connectivity index (χ1n) is 7.89. The third kappa shape index (κ3) is 5.38. The molecule has 0 bridgehead atoms. The molecule has 116 valence electrons. The minimum Gasteiger partial charge on any atom is -0.494 e. The van der Waals surface area contributed by atoms with Crippen molar-refractivity contribution in [3.05, 3.63) is 29.8 Å². The van der Waals surface area contributed by atoms with Crippen LogP contribution >= 0.6 is 0 Å². The molecule has 1 aromatic carbocycles. The van der Waals surface area contributed by atoms with E-state index in [0.717, 1.165) is 44.7 Å². The van der Waals surface area contributed by atoms with Crippen molar-refractivity contribution in [2.75, 3.05) is 19.7 Å². The average Bonchev–Trinajstić information content (AvgIpc) is 2.48. The van der Waals surface area contributed by atoms with Gasteiger partial charge < -0.3 is 15.4 Å². The van der Waals surface area contributed by atoms with E-state index < -0.39 is 0 Å². The zero-order valence-electron chi connectivity index (χ0n) is 13.0. The van der Waals surface area contributed by atoms with Crippen LogP contribution in [-0.4, -0.2) is 31.6 Å². The number of nitrogens with one attached hydrogen (secondary N) is 2. The van der Waals surface area contributed by atoms with Gasteiger partial charge in [-0.2, -0.15) is 0 Å². The number of hydrogen-bond donors (Lipinski definition) is 2. The molecule has 2 N–H and O–H groups in total. The summed E-state index contributed by atoms with van der Waals surface area (Å²) in [5.74, 6) is 1.48. The van der Waals surface area contributed by atoms with E-state index in [9.17, 15) is 4.79 Å². The van der Waals surface area contributed by atoms with Gasteiger partial charge in [0.25, 0.3) is 5.91 Å². The maximum Gasteiger partial charge on any atom is 0.251 e. The van der Waals surface area contributed by atoms with Gasteiger partial charge in [0, 0.05) is 11.6 Å². The van der Waals surface area contributed by atoms with Crippen LogP contribution in [0.2, 0.25) is 0 Å². The van der Waals surface area contributed by atoms with Crippen molar-refractivity contribution in [1.82, 2.24) is 10.6 Å². The summed E-state index contributed by atoms with van der Waals surface area (Å²) in [5.41, 5.74) is 0.699. The van der Waals surface area contributed by atoms with Gasteiger partial charge in [0.05, 0.1) is 6.61 Å². The van der Waals surface area contributed by atoms with Crippen LogP contribution in [0.1, 0.15) is 43.5 Å². The first-order valence-corrected chi connectivity index (χ1v) is 7.89. The summed E-state index contributed by atoms with van der Waals surface area (Å²) in [6.45, 7) is 7.04. The van der Waals surface area contributed by atoms with E-state index in [1.165, 1.54) is 0 Å². The van der Waals surface area contributed by atoms with E-state index in [1.807, 2.05) is 24.3 Å². The monoisotopic (exact) mass is 290 g/mol. The largest absolute Gasteiger partial charge is 0.494 e. The van der Waals surface area contributed by atoms with Crippen LogP contribution in [0.25, 0.3) is 0 Å². The van der Waals surface area contributed by atoms with Crippen molar-refractivity contribution in [3.63, 3.8) is 0 Å². The second-order valence-corrected chi connectivity index (χ2v) is 6.05. The third-order valence-corrected chi connectivity index (χ3v) is 3.75.